The minimum absolute atomic E-state index is 0.257. The van der Waals surface area contributed by atoms with Gasteiger partial charge in [-0.15, -0.1) is 5.10 Å². The summed E-state index contributed by atoms with van der Waals surface area (Å²) in [6.07, 6.45) is 3.36. The zero-order chi connectivity index (χ0) is 17.3. The number of nitrogens with zero attached hydrogens (tertiary/aromatic N) is 4. The van der Waals surface area contributed by atoms with Crippen molar-refractivity contribution >= 4 is 63.9 Å². The third-order valence-corrected chi connectivity index (χ3v) is 5.00. The zero-order valence-corrected chi connectivity index (χ0v) is 15.3. The van der Waals surface area contributed by atoms with Crippen molar-refractivity contribution in [3.8, 4) is 0 Å². The Morgan fingerprint density at radius 1 is 1.25 bits per heavy atom. The molecule has 3 rings (SSSR count). The average molecular weight is 403 g/mol. The van der Waals surface area contributed by atoms with Gasteiger partial charge >= 0.3 is 0 Å². The average Bonchev–Trinajstić information content (AvgIpc) is 2.94. The molecule has 1 amide bonds. The van der Waals surface area contributed by atoms with Gasteiger partial charge in [0.25, 0.3) is 5.78 Å². The Morgan fingerprint density at radius 3 is 2.75 bits per heavy atom. The Labute approximate surface area is 156 Å². The van der Waals surface area contributed by atoms with E-state index in [4.69, 9.17) is 34.8 Å². The largest absolute Gasteiger partial charge is 0.324 e. The Kier molecular flexibility index (Phi) is 5.15. The summed E-state index contributed by atoms with van der Waals surface area (Å²) in [4.78, 5) is 20.7. The number of carbonyl (C=O) groups is 1. The molecule has 3 aromatic rings. The Balaban J connectivity index is 1.71. The van der Waals surface area contributed by atoms with Crippen molar-refractivity contribution < 1.29 is 4.79 Å². The molecule has 124 valence electrons. The first-order valence-electron chi connectivity index (χ1n) is 6.73. The van der Waals surface area contributed by atoms with Gasteiger partial charge in [-0.3, -0.25) is 4.79 Å². The fourth-order valence-corrected chi connectivity index (χ4v) is 3.17. The zero-order valence-electron chi connectivity index (χ0n) is 12.2. The maximum absolute atomic E-state index is 12.3. The van der Waals surface area contributed by atoms with Crippen LogP contribution in [-0.2, 0) is 4.79 Å². The van der Waals surface area contributed by atoms with Crippen molar-refractivity contribution in [3.63, 3.8) is 0 Å². The topological polar surface area (TPSA) is 72.2 Å². The van der Waals surface area contributed by atoms with Gasteiger partial charge in [0, 0.05) is 12.4 Å². The SMILES string of the molecule is CC(Sc1nc2ncccn2n1)C(=O)Nc1cc(Cl)c(Cl)cc1Cl. The number of anilines is 1. The molecule has 1 atom stereocenters. The monoisotopic (exact) mass is 401 g/mol. The van der Waals surface area contributed by atoms with Crippen molar-refractivity contribution in [2.24, 2.45) is 0 Å². The van der Waals surface area contributed by atoms with Crippen LogP contribution >= 0.6 is 46.6 Å². The second-order valence-electron chi connectivity index (χ2n) is 4.75. The molecule has 0 aliphatic carbocycles. The van der Waals surface area contributed by atoms with E-state index in [1.165, 1.54) is 23.9 Å². The fraction of sp³-hybridized carbons (Fsp3) is 0.143. The normalized spacial score (nSPS) is 12.3. The number of fused-ring (bicyclic) bond motifs is 1. The van der Waals surface area contributed by atoms with E-state index >= 15 is 0 Å². The van der Waals surface area contributed by atoms with Crippen LogP contribution in [-0.4, -0.2) is 30.7 Å². The molecule has 0 spiro atoms. The Morgan fingerprint density at radius 2 is 2.00 bits per heavy atom. The van der Waals surface area contributed by atoms with Crippen LogP contribution in [0.1, 0.15) is 6.92 Å². The second kappa shape index (κ2) is 7.14. The van der Waals surface area contributed by atoms with E-state index in [0.717, 1.165) is 0 Å². The van der Waals surface area contributed by atoms with Crippen LogP contribution in [0.4, 0.5) is 5.69 Å². The first kappa shape index (κ1) is 17.3. The summed E-state index contributed by atoms with van der Waals surface area (Å²) >= 11 is 19.1. The summed E-state index contributed by atoms with van der Waals surface area (Å²) < 4.78 is 1.54. The van der Waals surface area contributed by atoms with Gasteiger partial charge in [0.2, 0.25) is 11.1 Å². The van der Waals surface area contributed by atoms with Crippen molar-refractivity contribution in [1.82, 2.24) is 19.6 Å². The molecule has 2 aromatic heterocycles. The molecular formula is C14H10Cl3N5OS. The van der Waals surface area contributed by atoms with Crippen molar-refractivity contribution in [2.75, 3.05) is 5.32 Å². The van der Waals surface area contributed by atoms with Gasteiger partial charge in [-0.25, -0.2) is 9.50 Å². The molecule has 1 aromatic carbocycles. The van der Waals surface area contributed by atoms with Gasteiger partial charge < -0.3 is 5.32 Å². The van der Waals surface area contributed by atoms with Gasteiger partial charge in [-0.05, 0) is 25.1 Å². The van der Waals surface area contributed by atoms with Gasteiger partial charge in [0.1, 0.15) is 0 Å². The maximum Gasteiger partial charge on any atom is 0.253 e. The van der Waals surface area contributed by atoms with Crippen molar-refractivity contribution in [1.29, 1.82) is 0 Å². The van der Waals surface area contributed by atoms with Crippen LogP contribution in [0, 0.1) is 0 Å². The smallest absolute Gasteiger partial charge is 0.253 e. The number of hydrogen-bond acceptors (Lipinski definition) is 5. The standard InChI is InChI=1S/C14H10Cl3N5OS/c1-7(24-14-20-13-18-3-2-4-22(13)21-14)12(23)19-11-6-9(16)8(15)5-10(11)17/h2-7H,1H3,(H,19,23). The van der Waals surface area contributed by atoms with Crippen LogP contribution < -0.4 is 5.32 Å². The lowest BCUT2D eigenvalue weighted by Gasteiger charge is -2.12. The molecule has 2 heterocycles. The highest BCUT2D eigenvalue weighted by molar-refractivity contribution is 8.00. The Bertz CT molecular complexity index is 884. The molecule has 0 aliphatic rings. The van der Waals surface area contributed by atoms with Gasteiger partial charge in [0.05, 0.1) is 26.0 Å². The van der Waals surface area contributed by atoms with Gasteiger partial charge in [-0.2, -0.15) is 4.98 Å². The fourth-order valence-electron chi connectivity index (χ4n) is 1.83. The van der Waals surface area contributed by atoms with E-state index in [1.807, 2.05) is 0 Å². The van der Waals surface area contributed by atoms with Gasteiger partial charge in [-0.1, -0.05) is 46.6 Å². The lowest BCUT2D eigenvalue weighted by Crippen LogP contribution is -2.22. The summed E-state index contributed by atoms with van der Waals surface area (Å²) in [5.41, 5.74) is 0.396. The predicted octanol–water partition coefficient (Wildman–Crippen LogP) is 4.20. The maximum atomic E-state index is 12.3. The molecule has 0 radical (unpaired) electrons. The molecule has 0 bridgehead atoms. The van der Waals surface area contributed by atoms with Crippen LogP contribution in [0.2, 0.25) is 15.1 Å². The molecule has 0 saturated heterocycles. The van der Waals surface area contributed by atoms with E-state index < -0.39 is 5.25 Å². The number of aromatic nitrogens is 4. The number of halogens is 3. The summed E-state index contributed by atoms with van der Waals surface area (Å²) in [5, 5.41) is 7.91. The summed E-state index contributed by atoms with van der Waals surface area (Å²) in [6, 6.07) is 4.74. The number of benzene rings is 1. The predicted molar refractivity (Wildman–Crippen MR) is 96.2 cm³/mol. The molecule has 1 unspecified atom stereocenters. The lowest BCUT2D eigenvalue weighted by atomic mass is 10.3. The minimum atomic E-state index is -0.451. The lowest BCUT2D eigenvalue weighted by molar-refractivity contribution is -0.115. The van der Waals surface area contributed by atoms with Gasteiger partial charge in [0.15, 0.2) is 0 Å². The number of thioether (sulfide) groups is 1. The van der Waals surface area contributed by atoms with Crippen LogP contribution in [0.25, 0.3) is 5.78 Å². The van der Waals surface area contributed by atoms with E-state index in [9.17, 15) is 4.79 Å². The van der Waals surface area contributed by atoms with Crippen molar-refractivity contribution in [2.45, 2.75) is 17.3 Å². The highest BCUT2D eigenvalue weighted by atomic mass is 35.5. The number of rotatable bonds is 4. The molecule has 24 heavy (non-hydrogen) atoms. The number of nitrogens with one attached hydrogen (secondary N) is 1. The Hall–Kier alpha value is -1.54. The van der Waals surface area contributed by atoms with Crippen LogP contribution in [0.5, 0.6) is 0 Å². The summed E-state index contributed by atoms with van der Waals surface area (Å²) in [7, 11) is 0. The molecule has 0 saturated carbocycles. The minimum Gasteiger partial charge on any atom is -0.324 e. The van der Waals surface area contributed by atoms with Crippen LogP contribution in [0.3, 0.4) is 0 Å². The molecule has 0 fully saturated rings. The molecule has 0 aliphatic heterocycles. The highest BCUT2D eigenvalue weighted by Crippen LogP contribution is 2.32. The van der Waals surface area contributed by atoms with E-state index in [0.29, 0.717) is 31.7 Å². The summed E-state index contributed by atoms with van der Waals surface area (Å²) in [5.74, 6) is 0.215. The van der Waals surface area contributed by atoms with E-state index in [2.05, 4.69) is 20.4 Å². The number of hydrogen-bond donors (Lipinski definition) is 1. The van der Waals surface area contributed by atoms with Crippen LogP contribution in [0.15, 0.2) is 35.7 Å². The van der Waals surface area contributed by atoms with Crippen molar-refractivity contribution in [3.05, 3.63) is 45.7 Å². The second-order valence-corrected chi connectivity index (χ2v) is 7.28. The van der Waals surface area contributed by atoms with E-state index in [1.54, 1.807) is 29.9 Å². The molecule has 10 heteroatoms. The highest BCUT2D eigenvalue weighted by Gasteiger charge is 2.19. The molecular weight excluding hydrogens is 393 g/mol. The quantitative estimate of drug-likeness (QED) is 0.523. The van der Waals surface area contributed by atoms with E-state index in [-0.39, 0.29) is 5.91 Å². The number of amides is 1. The molecule has 1 N–H and O–H groups in total. The molecule has 6 nitrogen and oxygen atoms in total. The third kappa shape index (κ3) is 3.75. The summed E-state index contributed by atoms with van der Waals surface area (Å²) in [6.45, 7) is 1.74. The third-order valence-electron chi connectivity index (χ3n) is 3.02. The number of carbonyl (C=O) groups excluding carboxylic acids is 1. The first-order chi connectivity index (χ1) is 11.4. The first-order valence-corrected chi connectivity index (χ1v) is 8.75.